The van der Waals surface area contributed by atoms with Crippen LogP contribution < -0.4 is 10.2 Å². The number of rotatable bonds is 6. The Morgan fingerprint density at radius 2 is 1.92 bits per heavy atom. The highest BCUT2D eigenvalue weighted by molar-refractivity contribution is 5.93. The maximum atomic E-state index is 12.7. The Morgan fingerprint density at radius 3 is 2.50 bits per heavy atom. The zero-order chi connectivity index (χ0) is 16.9. The first-order valence-corrected chi connectivity index (χ1v) is 8.77. The number of benzene rings is 1. The molecule has 1 N–H and O–H groups in total. The Bertz CT molecular complexity index is 643. The summed E-state index contributed by atoms with van der Waals surface area (Å²) in [7, 11) is 0. The van der Waals surface area contributed by atoms with Crippen molar-refractivity contribution in [1.82, 2.24) is 9.55 Å². The Morgan fingerprint density at radius 1 is 1.21 bits per heavy atom. The SMILES string of the molecule is CC(C)CC(C(=O)Nc1ccc(N2CCCC2)cc1)n1ccnc1. The molecule has 5 heteroatoms. The topological polar surface area (TPSA) is 50.2 Å². The molecule has 0 saturated carbocycles. The van der Waals surface area contributed by atoms with E-state index in [1.54, 1.807) is 12.5 Å². The summed E-state index contributed by atoms with van der Waals surface area (Å²) in [5, 5.41) is 3.05. The van der Waals surface area contributed by atoms with E-state index in [2.05, 4.69) is 41.2 Å². The fraction of sp³-hybridized carbons (Fsp3) is 0.474. The largest absolute Gasteiger partial charge is 0.372 e. The summed E-state index contributed by atoms with van der Waals surface area (Å²) in [6, 6.07) is 7.94. The van der Waals surface area contributed by atoms with Gasteiger partial charge in [-0.05, 0) is 49.4 Å². The Labute approximate surface area is 143 Å². The zero-order valence-corrected chi connectivity index (χ0v) is 14.5. The number of amides is 1. The maximum Gasteiger partial charge on any atom is 0.247 e. The van der Waals surface area contributed by atoms with Crippen molar-refractivity contribution in [1.29, 1.82) is 0 Å². The fourth-order valence-electron chi connectivity index (χ4n) is 3.22. The molecule has 2 aromatic rings. The van der Waals surface area contributed by atoms with Crippen molar-refractivity contribution < 1.29 is 4.79 Å². The Kier molecular flexibility index (Phi) is 5.18. The Hall–Kier alpha value is -2.30. The molecule has 1 atom stereocenters. The molecule has 1 amide bonds. The van der Waals surface area contributed by atoms with Crippen LogP contribution in [0.2, 0.25) is 0 Å². The van der Waals surface area contributed by atoms with Gasteiger partial charge in [0.1, 0.15) is 6.04 Å². The molecular weight excluding hydrogens is 300 g/mol. The van der Waals surface area contributed by atoms with E-state index in [1.165, 1.54) is 18.5 Å². The van der Waals surface area contributed by atoms with Crippen molar-refractivity contribution in [3.05, 3.63) is 43.0 Å². The number of carbonyl (C=O) groups excluding carboxylic acids is 1. The van der Waals surface area contributed by atoms with Gasteiger partial charge < -0.3 is 14.8 Å². The minimum absolute atomic E-state index is 0.00984. The molecule has 1 saturated heterocycles. The van der Waals surface area contributed by atoms with Crippen molar-refractivity contribution in [2.45, 2.75) is 39.2 Å². The molecule has 1 aliphatic heterocycles. The molecule has 1 unspecified atom stereocenters. The Balaban J connectivity index is 1.67. The van der Waals surface area contributed by atoms with Crippen LogP contribution in [0.4, 0.5) is 11.4 Å². The van der Waals surface area contributed by atoms with Gasteiger partial charge >= 0.3 is 0 Å². The lowest BCUT2D eigenvalue weighted by atomic mass is 10.0. The van der Waals surface area contributed by atoms with Gasteiger partial charge in [0, 0.05) is 36.9 Å². The number of imidazole rings is 1. The molecule has 2 heterocycles. The lowest BCUT2D eigenvalue weighted by Gasteiger charge is -2.21. The second-order valence-corrected chi connectivity index (χ2v) is 6.89. The van der Waals surface area contributed by atoms with Crippen LogP contribution in [0, 0.1) is 5.92 Å². The molecule has 0 spiro atoms. The molecule has 5 nitrogen and oxygen atoms in total. The second-order valence-electron chi connectivity index (χ2n) is 6.89. The molecule has 0 radical (unpaired) electrons. The van der Waals surface area contributed by atoms with Crippen molar-refractivity contribution in [2.75, 3.05) is 23.3 Å². The van der Waals surface area contributed by atoms with Crippen LogP contribution in [0.25, 0.3) is 0 Å². The summed E-state index contributed by atoms with van der Waals surface area (Å²) in [4.78, 5) is 19.2. The molecule has 3 rings (SSSR count). The predicted octanol–water partition coefficient (Wildman–Crippen LogP) is 3.71. The van der Waals surface area contributed by atoms with Crippen molar-refractivity contribution in [3.63, 3.8) is 0 Å². The monoisotopic (exact) mass is 326 g/mol. The highest BCUT2D eigenvalue weighted by Crippen LogP contribution is 2.24. The first-order chi connectivity index (χ1) is 11.6. The maximum absolute atomic E-state index is 12.7. The summed E-state index contributed by atoms with van der Waals surface area (Å²) in [5.74, 6) is 0.441. The van der Waals surface area contributed by atoms with Crippen LogP contribution >= 0.6 is 0 Å². The minimum Gasteiger partial charge on any atom is -0.372 e. The van der Waals surface area contributed by atoms with Crippen LogP contribution in [-0.2, 0) is 4.79 Å². The third kappa shape index (κ3) is 3.96. The summed E-state index contributed by atoms with van der Waals surface area (Å²) in [5.41, 5.74) is 2.08. The molecule has 24 heavy (non-hydrogen) atoms. The summed E-state index contributed by atoms with van der Waals surface area (Å²) in [6.07, 6.45) is 8.59. The van der Waals surface area contributed by atoms with Gasteiger partial charge in [-0.15, -0.1) is 0 Å². The van der Waals surface area contributed by atoms with Gasteiger partial charge in [-0.1, -0.05) is 13.8 Å². The van der Waals surface area contributed by atoms with E-state index in [0.717, 1.165) is 25.2 Å². The normalized spacial score (nSPS) is 15.7. The number of hydrogen-bond donors (Lipinski definition) is 1. The number of aromatic nitrogens is 2. The van der Waals surface area contributed by atoms with Crippen molar-refractivity contribution in [3.8, 4) is 0 Å². The standard InChI is InChI=1S/C19H26N4O/c1-15(2)13-18(23-12-9-20-14-23)19(24)21-16-5-7-17(8-6-16)22-10-3-4-11-22/h5-9,12,14-15,18H,3-4,10-11,13H2,1-2H3,(H,21,24). The quantitative estimate of drug-likeness (QED) is 0.880. The lowest BCUT2D eigenvalue weighted by Crippen LogP contribution is -2.26. The third-order valence-corrected chi connectivity index (χ3v) is 4.49. The number of nitrogens with zero attached hydrogens (tertiary/aromatic N) is 3. The summed E-state index contributed by atoms with van der Waals surface area (Å²) in [6.45, 7) is 6.51. The molecule has 1 aromatic carbocycles. The van der Waals surface area contributed by atoms with Gasteiger partial charge in [-0.3, -0.25) is 4.79 Å². The number of carbonyl (C=O) groups is 1. The van der Waals surface area contributed by atoms with E-state index in [1.807, 2.05) is 22.9 Å². The molecule has 1 fully saturated rings. The van der Waals surface area contributed by atoms with Gasteiger partial charge in [-0.2, -0.15) is 0 Å². The highest BCUT2D eigenvalue weighted by atomic mass is 16.2. The van der Waals surface area contributed by atoms with E-state index < -0.39 is 0 Å². The van der Waals surface area contributed by atoms with Gasteiger partial charge in [0.15, 0.2) is 0 Å². The molecule has 0 aliphatic carbocycles. The fourth-order valence-corrected chi connectivity index (χ4v) is 3.22. The van der Waals surface area contributed by atoms with Crippen LogP contribution in [-0.4, -0.2) is 28.5 Å². The number of nitrogens with one attached hydrogen (secondary N) is 1. The molecule has 128 valence electrons. The molecule has 1 aliphatic rings. The second kappa shape index (κ2) is 7.51. The minimum atomic E-state index is -0.231. The number of hydrogen-bond acceptors (Lipinski definition) is 3. The van der Waals surface area contributed by atoms with Crippen LogP contribution in [0.3, 0.4) is 0 Å². The van der Waals surface area contributed by atoms with E-state index in [4.69, 9.17) is 0 Å². The number of anilines is 2. The molecule has 1 aromatic heterocycles. The van der Waals surface area contributed by atoms with Crippen molar-refractivity contribution >= 4 is 17.3 Å². The van der Waals surface area contributed by atoms with Gasteiger partial charge in [-0.25, -0.2) is 4.98 Å². The zero-order valence-electron chi connectivity index (χ0n) is 14.5. The summed E-state index contributed by atoms with van der Waals surface area (Å²) >= 11 is 0. The third-order valence-electron chi connectivity index (χ3n) is 4.49. The van der Waals surface area contributed by atoms with Crippen molar-refractivity contribution in [2.24, 2.45) is 5.92 Å². The summed E-state index contributed by atoms with van der Waals surface area (Å²) < 4.78 is 1.88. The van der Waals surface area contributed by atoms with Gasteiger partial charge in [0.25, 0.3) is 0 Å². The lowest BCUT2D eigenvalue weighted by molar-refractivity contribution is -0.119. The van der Waals surface area contributed by atoms with E-state index in [9.17, 15) is 4.79 Å². The first-order valence-electron chi connectivity index (χ1n) is 8.77. The highest BCUT2D eigenvalue weighted by Gasteiger charge is 2.21. The van der Waals surface area contributed by atoms with Crippen LogP contribution in [0.15, 0.2) is 43.0 Å². The van der Waals surface area contributed by atoms with E-state index >= 15 is 0 Å². The average Bonchev–Trinajstić information content (AvgIpc) is 3.26. The van der Waals surface area contributed by atoms with E-state index in [-0.39, 0.29) is 11.9 Å². The van der Waals surface area contributed by atoms with Gasteiger partial charge in [0.2, 0.25) is 5.91 Å². The molecular formula is C19H26N4O. The molecule has 0 bridgehead atoms. The van der Waals surface area contributed by atoms with Gasteiger partial charge in [0.05, 0.1) is 6.33 Å². The smallest absolute Gasteiger partial charge is 0.247 e. The van der Waals surface area contributed by atoms with E-state index in [0.29, 0.717) is 5.92 Å². The van der Waals surface area contributed by atoms with Crippen LogP contribution in [0.5, 0.6) is 0 Å². The first kappa shape index (κ1) is 16.6. The predicted molar refractivity (Wildman–Crippen MR) is 97.2 cm³/mol. The average molecular weight is 326 g/mol. The van der Waals surface area contributed by atoms with Crippen LogP contribution in [0.1, 0.15) is 39.2 Å².